The molecule has 0 fully saturated rings. The molecule has 0 aliphatic heterocycles. The first-order valence-electron chi connectivity index (χ1n) is 5.74. The van der Waals surface area contributed by atoms with Crippen molar-refractivity contribution in [2.45, 2.75) is 64.6 Å². The van der Waals surface area contributed by atoms with Gasteiger partial charge in [0.05, 0.1) is 0 Å². The molecule has 0 bridgehead atoms. The number of hydrogen-bond donors (Lipinski definition) is 0. The summed E-state index contributed by atoms with van der Waals surface area (Å²) >= 11 is 0. The van der Waals surface area contributed by atoms with Crippen LogP contribution in [0.5, 0.6) is 0 Å². The van der Waals surface area contributed by atoms with Crippen LogP contribution < -0.4 is 0 Å². The van der Waals surface area contributed by atoms with E-state index in [1.807, 2.05) is 0 Å². The van der Waals surface area contributed by atoms with E-state index >= 15 is 0 Å². The van der Waals surface area contributed by atoms with Gasteiger partial charge in [-0.3, -0.25) is 4.79 Å². The standard InChI is InChI=1S/C11H24O2Si/c1-4-5-6-7-8-9-10-14(2,3)13-11-12/h11H,4-10H2,1-3H3. The van der Waals surface area contributed by atoms with E-state index in [4.69, 9.17) is 4.43 Å². The van der Waals surface area contributed by atoms with E-state index in [9.17, 15) is 4.79 Å². The van der Waals surface area contributed by atoms with E-state index in [1.165, 1.54) is 38.5 Å². The molecule has 0 radical (unpaired) electrons. The second kappa shape index (κ2) is 8.03. The van der Waals surface area contributed by atoms with Crippen LogP contribution in [0, 0.1) is 0 Å². The van der Waals surface area contributed by atoms with Gasteiger partial charge in [0, 0.05) is 0 Å². The van der Waals surface area contributed by atoms with Crippen molar-refractivity contribution < 1.29 is 9.22 Å². The van der Waals surface area contributed by atoms with Gasteiger partial charge in [0.1, 0.15) is 0 Å². The number of hydrogen-bond acceptors (Lipinski definition) is 2. The van der Waals surface area contributed by atoms with E-state index in [0.717, 1.165) is 6.04 Å². The SMILES string of the molecule is CCCCCCCC[Si](C)(C)OC=O. The van der Waals surface area contributed by atoms with Gasteiger partial charge in [-0.1, -0.05) is 45.4 Å². The molecule has 0 spiro atoms. The predicted octanol–water partition coefficient (Wildman–Crippen LogP) is 3.73. The Morgan fingerprint density at radius 3 is 2.21 bits per heavy atom. The predicted molar refractivity (Wildman–Crippen MR) is 62.8 cm³/mol. The van der Waals surface area contributed by atoms with Crippen LogP contribution in [-0.2, 0) is 9.22 Å². The second-order valence-electron chi connectivity index (χ2n) is 4.49. The minimum atomic E-state index is -1.64. The molecule has 0 amide bonds. The van der Waals surface area contributed by atoms with Gasteiger partial charge in [-0.15, -0.1) is 0 Å². The normalized spacial score (nSPS) is 11.4. The maximum atomic E-state index is 10.2. The zero-order valence-electron chi connectivity index (χ0n) is 9.84. The van der Waals surface area contributed by atoms with Crippen molar-refractivity contribution in [1.29, 1.82) is 0 Å². The fraction of sp³-hybridized carbons (Fsp3) is 0.909. The Hall–Kier alpha value is -0.313. The molecule has 0 aromatic rings. The number of unbranched alkanes of at least 4 members (excludes halogenated alkanes) is 5. The summed E-state index contributed by atoms with van der Waals surface area (Å²) in [6.45, 7) is 7.05. The molecule has 0 aromatic carbocycles. The van der Waals surface area contributed by atoms with Crippen molar-refractivity contribution in [1.82, 2.24) is 0 Å². The third-order valence-corrected chi connectivity index (χ3v) is 4.79. The van der Waals surface area contributed by atoms with Crippen LogP contribution in [0.1, 0.15) is 45.4 Å². The first-order valence-corrected chi connectivity index (χ1v) is 8.85. The molecular formula is C11H24O2Si. The molecule has 0 heterocycles. The Morgan fingerprint density at radius 2 is 1.64 bits per heavy atom. The largest absolute Gasteiger partial charge is 0.522 e. The third kappa shape index (κ3) is 8.29. The first-order chi connectivity index (χ1) is 6.62. The van der Waals surface area contributed by atoms with Gasteiger partial charge in [0.15, 0.2) is 0 Å². The van der Waals surface area contributed by atoms with Crippen molar-refractivity contribution >= 4 is 14.8 Å². The van der Waals surface area contributed by atoms with E-state index in [1.54, 1.807) is 0 Å². The van der Waals surface area contributed by atoms with Crippen molar-refractivity contribution in [2.24, 2.45) is 0 Å². The lowest BCUT2D eigenvalue weighted by atomic mass is 10.1. The number of rotatable bonds is 9. The van der Waals surface area contributed by atoms with Gasteiger partial charge < -0.3 is 4.43 Å². The Balaban J connectivity index is 3.30. The summed E-state index contributed by atoms with van der Waals surface area (Å²) in [5, 5.41) is 0. The summed E-state index contributed by atoms with van der Waals surface area (Å²) in [4.78, 5) is 10.2. The van der Waals surface area contributed by atoms with E-state index in [-0.39, 0.29) is 0 Å². The van der Waals surface area contributed by atoms with Gasteiger partial charge >= 0.3 is 0 Å². The maximum absolute atomic E-state index is 10.2. The molecule has 0 aliphatic carbocycles. The summed E-state index contributed by atoms with van der Waals surface area (Å²) < 4.78 is 5.12. The molecule has 0 aliphatic rings. The summed E-state index contributed by atoms with van der Waals surface area (Å²) in [5.74, 6) is 0. The molecule has 2 nitrogen and oxygen atoms in total. The Kier molecular flexibility index (Phi) is 7.85. The summed E-state index contributed by atoms with van der Waals surface area (Å²) in [7, 11) is -1.64. The molecule has 0 saturated heterocycles. The maximum Gasteiger partial charge on any atom is 0.279 e. The van der Waals surface area contributed by atoms with Gasteiger partial charge in [-0.2, -0.15) is 0 Å². The van der Waals surface area contributed by atoms with Crippen LogP contribution in [0.2, 0.25) is 19.1 Å². The molecule has 0 N–H and O–H groups in total. The second-order valence-corrected chi connectivity index (χ2v) is 8.75. The van der Waals surface area contributed by atoms with Crippen LogP contribution in [-0.4, -0.2) is 14.8 Å². The van der Waals surface area contributed by atoms with Gasteiger partial charge in [0.2, 0.25) is 8.32 Å². The van der Waals surface area contributed by atoms with Crippen LogP contribution in [0.15, 0.2) is 0 Å². The zero-order chi connectivity index (χ0) is 10.9. The topological polar surface area (TPSA) is 26.3 Å². The molecular weight excluding hydrogens is 192 g/mol. The molecule has 0 rings (SSSR count). The molecule has 0 aromatic heterocycles. The summed E-state index contributed by atoms with van der Waals surface area (Å²) in [5.41, 5.74) is 0. The summed E-state index contributed by atoms with van der Waals surface area (Å²) in [6, 6.07) is 1.11. The minimum absolute atomic E-state index is 0.614. The van der Waals surface area contributed by atoms with Crippen LogP contribution >= 0.6 is 0 Å². The van der Waals surface area contributed by atoms with Crippen LogP contribution in [0.25, 0.3) is 0 Å². The highest BCUT2D eigenvalue weighted by atomic mass is 28.4. The lowest BCUT2D eigenvalue weighted by Gasteiger charge is -2.19. The molecule has 3 heteroatoms. The van der Waals surface area contributed by atoms with Crippen molar-refractivity contribution in [3.8, 4) is 0 Å². The Morgan fingerprint density at radius 1 is 1.07 bits per heavy atom. The van der Waals surface area contributed by atoms with E-state index < -0.39 is 8.32 Å². The highest BCUT2D eigenvalue weighted by molar-refractivity contribution is 6.72. The third-order valence-electron chi connectivity index (χ3n) is 2.50. The number of carbonyl (C=O) groups excluding carboxylic acids is 1. The van der Waals surface area contributed by atoms with Crippen molar-refractivity contribution in [3.05, 3.63) is 0 Å². The fourth-order valence-corrected chi connectivity index (χ4v) is 3.00. The summed E-state index contributed by atoms with van der Waals surface area (Å²) in [6.07, 6.45) is 7.85. The smallest absolute Gasteiger partial charge is 0.279 e. The monoisotopic (exact) mass is 216 g/mol. The van der Waals surface area contributed by atoms with Crippen molar-refractivity contribution in [3.63, 3.8) is 0 Å². The first kappa shape index (κ1) is 13.7. The minimum Gasteiger partial charge on any atom is -0.522 e. The van der Waals surface area contributed by atoms with Crippen LogP contribution in [0.4, 0.5) is 0 Å². The zero-order valence-corrected chi connectivity index (χ0v) is 10.8. The van der Waals surface area contributed by atoms with E-state index in [2.05, 4.69) is 20.0 Å². The molecule has 0 unspecified atom stereocenters. The molecule has 0 saturated carbocycles. The quantitative estimate of drug-likeness (QED) is 0.333. The van der Waals surface area contributed by atoms with Gasteiger partial charge in [-0.05, 0) is 19.1 Å². The average molecular weight is 216 g/mol. The molecule has 84 valence electrons. The number of carbonyl (C=O) groups is 1. The lowest BCUT2D eigenvalue weighted by Crippen LogP contribution is -2.29. The Labute approximate surface area is 89.2 Å². The van der Waals surface area contributed by atoms with E-state index in [0.29, 0.717) is 6.47 Å². The Bertz CT molecular complexity index is 146. The highest BCUT2D eigenvalue weighted by Gasteiger charge is 2.22. The average Bonchev–Trinajstić information content (AvgIpc) is 2.11. The highest BCUT2D eigenvalue weighted by Crippen LogP contribution is 2.16. The van der Waals surface area contributed by atoms with Crippen LogP contribution in [0.3, 0.4) is 0 Å². The molecule has 0 atom stereocenters. The fourth-order valence-electron chi connectivity index (χ4n) is 1.52. The van der Waals surface area contributed by atoms with Gasteiger partial charge in [0.25, 0.3) is 6.47 Å². The molecule has 14 heavy (non-hydrogen) atoms. The van der Waals surface area contributed by atoms with Gasteiger partial charge in [-0.25, -0.2) is 0 Å². The van der Waals surface area contributed by atoms with Crippen molar-refractivity contribution in [2.75, 3.05) is 0 Å². The lowest BCUT2D eigenvalue weighted by molar-refractivity contribution is -0.121.